The lowest BCUT2D eigenvalue weighted by Gasteiger charge is -2.47. The molecule has 15 heteroatoms. The zero-order valence-electron chi connectivity index (χ0n) is 41.9. The van der Waals surface area contributed by atoms with Crippen LogP contribution in [0.2, 0.25) is 18.1 Å². The minimum atomic E-state index is -2.45. The van der Waals surface area contributed by atoms with Crippen molar-refractivity contribution in [2.24, 2.45) is 11.8 Å². The van der Waals surface area contributed by atoms with E-state index in [4.69, 9.17) is 47.1 Å². The van der Waals surface area contributed by atoms with Crippen LogP contribution in [0.3, 0.4) is 0 Å². The Kier molecular flexibility index (Phi) is 13.1. The predicted octanol–water partition coefficient (Wildman–Crippen LogP) is 7.60. The topological polar surface area (TPSA) is 150 Å². The number of rotatable bonds is 7. The van der Waals surface area contributed by atoms with Gasteiger partial charge in [0.15, 0.2) is 14.1 Å². The highest BCUT2D eigenvalue weighted by molar-refractivity contribution is 6.74. The second-order valence-corrected chi connectivity index (χ2v) is 28.7. The lowest BCUT2D eigenvalue weighted by atomic mass is 9.81. The Labute approximate surface area is 409 Å². The molecule has 2 amide bonds. The van der Waals surface area contributed by atoms with Crippen molar-refractivity contribution in [1.82, 2.24) is 4.90 Å². The van der Waals surface area contributed by atoms with Crippen LogP contribution in [0.15, 0.2) is 48.6 Å². The summed E-state index contributed by atoms with van der Waals surface area (Å²) in [6.07, 6.45) is 4.12. The van der Waals surface area contributed by atoms with Crippen molar-refractivity contribution < 1.29 is 61.8 Å². The number of carbonyl (C=O) groups excluding carboxylic acids is 2. The quantitative estimate of drug-likeness (QED) is 0.163. The van der Waals surface area contributed by atoms with Gasteiger partial charge in [-0.1, -0.05) is 53.0 Å². The zero-order chi connectivity index (χ0) is 48.3. The first-order valence-corrected chi connectivity index (χ1v) is 29.3. The van der Waals surface area contributed by atoms with Gasteiger partial charge in [-0.3, -0.25) is 14.5 Å². The van der Waals surface area contributed by atoms with Crippen molar-refractivity contribution >= 4 is 20.1 Å². The molecule has 380 valence electrons. The van der Waals surface area contributed by atoms with Gasteiger partial charge < -0.3 is 52.2 Å². The van der Waals surface area contributed by atoms with E-state index in [-0.39, 0.29) is 115 Å². The van der Waals surface area contributed by atoms with Gasteiger partial charge in [0.25, 0.3) is 11.8 Å². The molecule has 0 aromatic heterocycles. The number of nitrogens with zero attached hydrogens (tertiary/aromatic N) is 1. The number of fused-ring (bicyclic) bond motifs is 7. The summed E-state index contributed by atoms with van der Waals surface area (Å²) in [6.45, 7) is 22.4. The molecular formula is C54H77NO13Si. The number of imide groups is 1. The van der Waals surface area contributed by atoms with Gasteiger partial charge in [-0.2, -0.15) is 0 Å². The van der Waals surface area contributed by atoms with Crippen LogP contribution >= 0.6 is 0 Å². The first-order chi connectivity index (χ1) is 32.9. The van der Waals surface area contributed by atoms with E-state index in [1.54, 1.807) is 31.4 Å². The minimum absolute atomic E-state index is 0.000633. The van der Waals surface area contributed by atoms with Crippen molar-refractivity contribution in [3.05, 3.63) is 59.7 Å². The maximum Gasteiger partial charge on any atom is 0.261 e. The van der Waals surface area contributed by atoms with E-state index in [0.29, 0.717) is 49.7 Å². The van der Waals surface area contributed by atoms with Crippen molar-refractivity contribution in [3.8, 4) is 0 Å². The molecule has 0 radical (unpaired) electrons. The Morgan fingerprint density at radius 2 is 1.46 bits per heavy atom. The fourth-order valence-corrected chi connectivity index (χ4v) is 15.1. The highest BCUT2D eigenvalue weighted by atomic mass is 28.4. The van der Waals surface area contributed by atoms with E-state index in [0.717, 1.165) is 56.1 Å². The number of amides is 2. The van der Waals surface area contributed by atoms with Crippen molar-refractivity contribution in [1.29, 1.82) is 0 Å². The third-order valence-electron chi connectivity index (χ3n) is 18.4. The van der Waals surface area contributed by atoms with E-state index in [1.165, 1.54) is 4.90 Å². The summed E-state index contributed by atoms with van der Waals surface area (Å²) < 4.78 is 69.0. The lowest BCUT2D eigenvalue weighted by Crippen LogP contribution is -2.61. The SMILES string of the molecule is C=C1C[C@@H]2CCC34C[C@@H]5O[C@@H]6[C@@H](O[C@H]7CCC(CC(O)C[C@H]8[C@H](CC9O[C@@H](CCC1O2)C[C@@H](C)C9=C)OC(C[C@@H](CN1C(=O)c2ccccc2C1=O)O[Si](C)(C)C(C)(C)C)[C@@H]8OC)O[C@@H]7[C@@H]6O3)[C@H]5O4. The number of benzene rings is 1. The van der Waals surface area contributed by atoms with E-state index < -0.39 is 38.5 Å². The molecule has 1 N–H and O–H groups in total. The second kappa shape index (κ2) is 18.5. The summed E-state index contributed by atoms with van der Waals surface area (Å²) >= 11 is 0. The van der Waals surface area contributed by atoms with Crippen LogP contribution in [-0.2, 0) is 47.1 Å². The number of hydrogen-bond donors (Lipinski definition) is 1. The first kappa shape index (κ1) is 48.9. The molecule has 11 aliphatic heterocycles. The van der Waals surface area contributed by atoms with Crippen molar-refractivity contribution in [2.75, 3.05) is 13.7 Å². The Bertz CT molecular complexity index is 2110. The molecule has 11 aliphatic rings. The molecule has 20 atom stereocenters. The third-order valence-corrected chi connectivity index (χ3v) is 22.9. The molecule has 12 rings (SSSR count). The molecule has 1 spiro atoms. The van der Waals surface area contributed by atoms with Gasteiger partial charge in [-0.05, 0) is 105 Å². The van der Waals surface area contributed by atoms with E-state index in [1.807, 2.05) is 0 Å². The predicted molar refractivity (Wildman–Crippen MR) is 256 cm³/mol. The smallest absolute Gasteiger partial charge is 0.261 e. The summed E-state index contributed by atoms with van der Waals surface area (Å²) in [4.78, 5) is 29.0. The van der Waals surface area contributed by atoms with Gasteiger partial charge in [0.05, 0.1) is 90.9 Å². The maximum absolute atomic E-state index is 13.8. The van der Waals surface area contributed by atoms with Gasteiger partial charge in [-0.15, -0.1) is 0 Å². The highest BCUT2D eigenvalue weighted by Gasteiger charge is 2.69. The van der Waals surface area contributed by atoms with Gasteiger partial charge in [0.2, 0.25) is 0 Å². The average Bonchev–Trinajstić information content (AvgIpc) is 4.03. The monoisotopic (exact) mass is 976 g/mol. The summed E-state index contributed by atoms with van der Waals surface area (Å²) in [5.74, 6) is -1.42. The van der Waals surface area contributed by atoms with E-state index in [2.05, 4.69) is 53.9 Å². The first-order valence-electron chi connectivity index (χ1n) is 26.4. The molecular weight excluding hydrogens is 899 g/mol. The summed E-state index contributed by atoms with van der Waals surface area (Å²) in [5, 5.41) is 12.1. The fourth-order valence-electron chi connectivity index (χ4n) is 13.7. The van der Waals surface area contributed by atoms with Gasteiger partial charge >= 0.3 is 0 Å². The Morgan fingerprint density at radius 1 is 0.783 bits per heavy atom. The molecule has 6 unspecified atom stereocenters. The largest absolute Gasteiger partial charge is 0.412 e. The number of carbonyl (C=O) groups is 2. The molecule has 1 aromatic carbocycles. The number of ether oxygens (including phenoxy) is 9. The summed E-state index contributed by atoms with van der Waals surface area (Å²) in [6, 6.07) is 7.00. The van der Waals surface area contributed by atoms with Gasteiger partial charge in [-0.25, -0.2) is 0 Å². The highest BCUT2D eigenvalue weighted by Crippen LogP contribution is 2.55. The van der Waals surface area contributed by atoms with Crippen LogP contribution in [0.4, 0.5) is 0 Å². The van der Waals surface area contributed by atoms with Crippen LogP contribution < -0.4 is 0 Å². The third kappa shape index (κ3) is 9.02. The molecule has 1 aromatic rings. The molecule has 12 bridgehead atoms. The van der Waals surface area contributed by atoms with Crippen LogP contribution in [0.1, 0.15) is 132 Å². The fraction of sp³-hybridized carbons (Fsp3) is 0.778. The summed E-state index contributed by atoms with van der Waals surface area (Å²) in [7, 11) is -0.732. The molecule has 10 saturated heterocycles. The second-order valence-electron chi connectivity index (χ2n) is 24.0. The molecule has 14 nitrogen and oxygen atoms in total. The van der Waals surface area contributed by atoms with Crippen molar-refractivity contribution in [3.63, 3.8) is 0 Å². The number of aliphatic hydroxyl groups is 1. The zero-order valence-corrected chi connectivity index (χ0v) is 42.9. The van der Waals surface area contributed by atoms with E-state index >= 15 is 0 Å². The van der Waals surface area contributed by atoms with Crippen molar-refractivity contribution in [2.45, 2.75) is 239 Å². The summed E-state index contributed by atoms with van der Waals surface area (Å²) in [5.41, 5.74) is 3.00. The molecule has 69 heavy (non-hydrogen) atoms. The van der Waals surface area contributed by atoms with E-state index in [9.17, 15) is 14.7 Å². The van der Waals surface area contributed by atoms with Gasteiger partial charge in [0.1, 0.15) is 30.5 Å². The lowest BCUT2D eigenvalue weighted by molar-refractivity contribution is -0.294. The molecule has 0 aliphatic carbocycles. The normalized spacial score (nSPS) is 44.8. The minimum Gasteiger partial charge on any atom is -0.412 e. The Balaban J connectivity index is 0.881. The standard InChI is InChI=1S/C54H77NO13Si/c1-28-20-32-14-16-39-29(2)21-34(60-39)18-19-54-26-44-47(66-54)48-49(65-44)50(67-54)46-40(64-48)17-15-33(62-46)22-31(56)23-38-42(25-41(61-32)30(28)3)63-43(45(38)59-7)24-35(68-69(8,9)53(4,5)6)27-55-51(57)36-12-10-11-13-37(36)52(55)58/h10-13,28,31-35,38-50,56H,2-3,14-27H2,1,4-9H3/t28-,31?,32+,33?,34+,35+,38+,39?,40+,41?,42+,43?,44+,45-,46+,47+,48+,49-,50+,54?/m1/s1. The molecule has 11 heterocycles. The molecule has 10 fully saturated rings. The Morgan fingerprint density at radius 3 is 2.20 bits per heavy atom. The number of aliphatic hydroxyl groups excluding tert-OH is 1. The Hall–Kier alpha value is -2.38. The van der Waals surface area contributed by atoms with Crippen LogP contribution in [0, 0.1) is 11.8 Å². The number of hydrogen-bond acceptors (Lipinski definition) is 13. The average molecular weight is 976 g/mol. The molecule has 0 saturated carbocycles. The van der Waals surface area contributed by atoms with Crippen LogP contribution in [0.25, 0.3) is 0 Å². The van der Waals surface area contributed by atoms with Crippen LogP contribution in [0.5, 0.6) is 0 Å². The number of methoxy groups -OCH3 is 1. The maximum atomic E-state index is 13.8. The van der Waals surface area contributed by atoms with Crippen LogP contribution in [-0.4, -0.2) is 153 Å². The van der Waals surface area contributed by atoms with Gasteiger partial charge in [0, 0.05) is 38.7 Å².